The van der Waals surface area contributed by atoms with Gasteiger partial charge >= 0.3 is 0 Å². The zero-order chi connectivity index (χ0) is 12.6. The fraction of sp³-hybridized carbons (Fsp3) is 0.778. The summed E-state index contributed by atoms with van der Waals surface area (Å²) in [6.07, 6.45) is 1.65. The number of nitrogens with zero attached hydrogens (tertiary/aromatic N) is 1. The van der Waals surface area contributed by atoms with Crippen LogP contribution in [-0.2, 0) is 9.59 Å². The number of nitro groups is 1. The molecule has 0 saturated carbocycles. The second-order valence-corrected chi connectivity index (χ2v) is 3.83. The number of nitrogens with one attached hydrogen (secondary N) is 1. The Labute approximate surface area is 98.5 Å². The molecule has 0 aromatic heterocycles. The van der Waals surface area contributed by atoms with Crippen molar-refractivity contribution in [1.82, 2.24) is 5.32 Å². The maximum atomic E-state index is 10.9. The molecule has 0 radical (unpaired) electrons. The molecule has 0 unspecified atom stereocenters. The molecule has 2 atom stereocenters. The van der Waals surface area contributed by atoms with Crippen molar-refractivity contribution in [2.45, 2.75) is 25.8 Å². The van der Waals surface area contributed by atoms with Crippen LogP contribution in [0, 0.1) is 16.0 Å². The lowest BCUT2D eigenvalue weighted by Gasteiger charge is -2.19. The predicted octanol–water partition coefficient (Wildman–Crippen LogP) is 0.602. The lowest BCUT2D eigenvalue weighted by Crippen LogP contribution is -2.44. The molecule has 6 nitrogen and oxygen atoms in total. The van der Waals surface area contributed by atoms with Gasteiger partial charge in [-0.3, -0.25) is 14.9 Å². The molecule has 1 N–H and O–H groups in total. The van der Waals surface area contributed by atoms with Crippen LogP contribution in [0.2, 0.25) is 0 Å². The van der Waals surface area contributed by atoms with Crippen molar-refractivity contribution in [1.29, 1.82) is 0 Å². The Morgan fingerprint density at radius 3 is 2.62 bits per heavy atom. The molecule has 0 aliphatic heterocycles. The second-order valence-electron chi connectivity index (χ2n) is 3.45. The van der Waals surface area contributed by atoms with Gasteiger partial charge in [0.25, 0.3) is 0 Å². The molecule has 0 fully saturated rings. The average Bonchev–Trinajstić information content (AvgIpc) is 2.16. The van der Waals surface area contributed by atoms with E-state index in [0.29, 0.717) is 25.0 Å². The number of carbonyl (C=O) groups excluding carboxylic acids is 2. The smallest absolute Gasteiger partial charge is 0.224 e. The van der Waals surface area contributed by atoms with Gasteiger partial charge in [-0.1, -0.05) is 0 Å². The number of amides is 1. The monoisotopic (exact) mass is 250 g/mol. The molecule has 0 bridgehead atoms. The van der Waals surface area contributed by atoms with Gasteiger partial charge in [-0.15, -0.1) is 11.6 Å². The summed E-state index contributed by atoms with van der Waals surface area (Å²) in [7, 11) is 0. The van der Waals surface area contributed by atoms with E-state index in [0.717, 1.165) is 0 Å². The normalized spacial score (nSPS) is 13.9. The third-order valence-electron chi connectivity index (χ3n) is 2.10. The maximum Gasteiger partial charge on any atom is 0.224 e. The van der Waals surface area contributed by atoms with Gasteiger partial charge in [-0.25, -0.2) is 0 Å². The summed E-state index contributed by atoms with van der Waals surface area (Å²) in [5, 5.41) is 12.8. The number of aldehydes is 1. The van der Waals surface area contributed by atoms with Crippen LogP contribution in [0.1, 0.15) is 19.8 Å². The lowest BCUT2D eigenvalue weighted by molar-refractivity contribution is -0.484. The van der Waals surface area contributed by atoms with E-state index in [1.165, 1.54) is 6.92 Å². The van der Waals surface area contributed by atoms with E-state index in [1.54, 1.807) is 0 Å². The van der Waals surface area contributed by atoms with E-state index in [1.807, 2.05) is 0 Å². The topological polar surface area (TPSA) is 89.3 Å². The Kier molecular flexibility index (Phi) is 7.45. The molecule has 1 amide bonds. The molecule has 92 valence electrons. The highest BCUT2D eigenvalue weighted by Gasteiger charge is 2.26. The van der Waals surface area contributed by atoms with Crippen LogP contribution in [-0.4, -0.2) is 35.6 Å². The molecule has 0 aromatic rings. The Morgan fingerprint density at radius 1 is 1.62 bits per heavy atom. The van der Waals surface area contributed by atoms with Crippen molar-refractivity contribution in [3.8, 4) is 0 Å². The van der Waals surface area contributed by atoms with Crippen molar-refractivity contribution < 1.29 is 14.5 Å². The second kappa shape index (κ2) is 8.04. The molecule has 7 heteroatoms. The van der Waals surface area contributed by atoms with Gasteiger partial charge in [0.2, 0.25) is 12.5 Å². The molecular formula is C9H15ClN2O4. The molecule has 0 aliphatic carbocycles. The number of hydrogen-bond donors (Lipinski definition) is 1. The molecule has 0 spiro atoms. The Balaban J connectivity index is 4.47. The molecule has 16 heavy (non-hydrogen) atoms. The fourth-order valence-corrected chi connectivity index (χ4v) is 1.54. The van der Waals surface area contributed by atoms with E-state index in [2.05, 4.69) is 5.32 Å². The molecule has 0 heterocycles. The summed E-state index contributed by atoms with van der Waals surface area (Å²) < 4.78 is 0. The summed E-state index contributed by atoms with van der Waals surface area (Å²) in [5.74, 6) is -0.562. The zero-order valence-corrected chi connectivity index (χ0v) is 9.77. The van der Waals surface area contributed by atoms with Crippen molar-refractivity contribution >= 4 is 23.8 Å². The van der Waals surface area contributed by atoms with Crippen LogP contribution in [0.25, 0.3) is 0 Å². The van der Waals surface area contributed by atoms with E-state index in [9.17, 15) is 19.7 Å². The summed E-state index contributed by atoms with van der Waals surface area (Å²) in [6, 6.07) is -0.756. The van der Waals surface area contributed by atoms with Gasteiger partial charge in [0.05, 0.1) is 0 Å². The highest BCUT2D eigenvalue weighted by Crippen LogP contribution is 2.10. The molecule has 0 saturated heterocycles. The van der Waals surface area contributed by atoms with Gasteiger partial charge in [-0.05, 0) is 12.8 Å². The van der Waals surface area contributed by atoms with Crippen LogP contribution in [0.4, 0.5) is 0 Å². The van der Waals surface area contributed by atoms with Crippen molar-refractivity contribution in [3.05, 3.63) is 10.1 Å². The minimum absolute atomic E-state index is 0.385. The van der Waals surface area contributed by atoms with Gasteiger partial charge in [0, 0.05) is 23.6 Å². The third kappa shape index (κ3) is 6.34. The predicted molar refractivity (Wildman–Crippen MR) is 59.0 cm³/mol. The van der Waals surface area contributed by atoms with Crippen LogP contribution in [0.15, 0.2) is 0 Å². The number of rotatable bonds is 8. The number of halogens is 1. The average molecular weight is 251 g/mol. The Morgan fingerprint density at radius 2 is 2.25 bits per heavy atom. The maximum absolute atomic E-state index is 10.9. The number of hydrogen-bond acceptors (Lipinski definition) is 4. The first-order valence-corrected chi connectivity index (χ1v) is 5.44. The number of carbonyl (C=O) groups is 2. The van der Waals surface area contributed by atoms with E-state index in [4.69, 9.17) is 11.6 Å². The van der Waals surface area contributed by atoms with Crippen LogP contribution >= 0.6 is 11.6 Å². The minimum Gasteiger partial charge on any atom is -0.346 e. The first-order chi connectivity index (χ1) is 7.51. The lowest BCUT2D eigenvalue weighted by atomic mass is 9.96. The largest absolute Gasteiger partial charge is 0.346 e. The van der Waals surface area contributed by atoms with Crippen molar-refractivity contribution in [2.24, 2.45) is 5.92 Å². The summed E-state index contributed by atoms with van der Waals surface area (Å²) in [5.41, 5.74) is 0. The van der Waals surface area contributed by atoms with Gasteiger partial charge in [-0.2, -0.15) is 0 Å². The van der Waals surface area contributed by atoms with Gasteiger partial charge in [0.1, 0.15) is 12.3 Å². The van der Waals surface area contributed by atoms with Crippen LogP contribution in [0.3, 0.4) is 0 Å². The van der Waals surface area contributed by atoms with Crippen molar-refractivity contribution in [2.75, 3.05) is 12.4 Å². The first-order valence-electron chi connectivity index (χ1n) is 4.91. The van der Waals surface area contributed by atoms with Gasteiger partial charge in [0.15, 0.2) is 0 Å². The SMILES string of the molecule is CC(=O)N[C@H](C[N+](=O)[O-])[C@H](C=O)CCCCl. The summed E-state index contributed by atoms with van der Waals surface area (Å²) in [6.45, 7) is 0.807. The minimum atomic E-state index is -0.756. The highest BCUT2D eigenvalue weighted by atomic mass is 35.5. The zero-order valence-electron chi connectivity index (χ0n) is 9.02. The Hall–Kier alpha value is -1.17. The van der Waals surface area contributed by atoms with Crippen LogP contribution in [0.5, 0.6) is 0 Å². The highest BCUT2D eigenvalue weighted by molar-refractivity contribution is 6.17. The van der Waals surface area contributed by atoms with Gasteiger partial charge < -0.3 is 10.1 Å². The Bertz CT molecular complexity index is 244. The molecule has 0 aromatic carbocycles. The van der Waals surface area contributed by atoms with E-state index >= 15 is 0 Å². The van der Waals surface area contributed by atoms with E-state index in [-0.39, 0.29) is 5.91 Å². The van der Waals surface area contributed by atoms with E-state index < -0.39 is 23.4 Å². The first kappa shape index (κ1) is 14.8. The molecule has 0 rings (SSSR count). The summed E-state index contributed by atoms with van der Waals surface area (Å²) >= 11 is 5.48. The van der Waals surface area contributed by atoms with Crippen LogP contribution < -0.4 is 5.32 Å². The molecule has 0 aliphatic rings. The fourth-order valence-electron chi connectivity index (χ4n) is 1.39. The quantitative estimate of drug-likeness (QED) is 0.296. The standard InChI is InChI=1S/C9H15ClN2O4/c1-7(14)11-9(5-12(15)16)8(6-13)3-2-4-10/h6,8-9H,2-5H2,1H3,(H,11,14)/t8-,9+/m0/s1. The number of alkyl halides is 1. The third-order valence-corrected chi connectivity index (χ3v) is 2.36. The summed E-state index contributed by atoms with van der Waals surface area (Å²) in [4.78, 5) is 31.5. The van der Waals surface area contributed by atoms with Crippen molar-refractivity contribution in [3.63, 3.8) is 0 Å². The molecular weight excluding hydrogens is 236 g/mol.